The van der Waals surface area contributed by atoms with Crippen LogP contribution in [0.3, 0.4) is 0 Å². The molecule has 2 aromatic rings. The van der Waals surface area contributed by atoms with Crippen molar-refractivity contribution in [3.63, 3.8) is 0 Å². The van der Waals surface area contributed by atoms with E-state index in [0.717, 1.165) is 41.1 Å². The number of ether oxygens (including phenoxy) is 3. The maximum absolute atomic E-state index is 9.61. The lowest BCUT2D eigenvalue weighted by molar-refractivity contribution is 0.0527. The zero-order chi connectivity index (χ0) is 21.8. The molecule has 164 valence electrons. The van der Waals surface area contributed by atoms with Crippen LogP contribution in [0, 0.1) is 0 Å². The van der Waals surface area contributed by atoms with Crippen molar-refractivity contribution in [2.75, 3.05) is 33.6 Å². The zero-order valence-corrected chi connectivity index (χ0v) is 17.9. The van der Waals surface area contributed by atoms with Crippen LogP contribution in [0.2, 0.25) is 0 Å². The number of aliphatic hydroxyl groups excluding tert-OH is 2. The Morgan fingerprint density at radius 2 is 2.03 bits per heavy atom. The Balaban J connectivity index is 1.62. The van der Waals surface area contributed by atoms with Gasteiger partial charge in [-0.15, -0.1) is 0 Å². The van der Waals surface area contributed by atoms with Crippen LogP contribution in [-0.4, -0.2) is 55.6 Å². The van der Waals surface area contributed by atoms with Crippen molar-refractivity contribution in [2.24, 2.45) is 4.99 Å². The van der Waals surface area contributed by atoms with Crippen LogP contribution in [0.25, 0.3) is 0 Å². The highest BCUT2D eigenvalue weighted by atomic mass is 16.5. The second-order valence-corrected chi connectivity index (χ2v) is 7.54. The van der Waals surface area contributed by atoms with Gasteiger partial charge in [0.1, 0.15) is 25.1 Å². The molecule has 0 saturated heterocycles. The van der Waals surface area contributed by atoms with Crippen LogP contribution in [0.4, 0.5) is 0 Å². The van der Waals surface area contributed by atoms with Crippen LogP contribution in [-0.2, 0) is 12.8 Å². The van der Waals surface area contributed by atoms with Crippen molar-refractivity contribution < 1.29 is 24.4 Å². The predicted molar refractivity (Wildman–Crippen MR) is 118 cm³/mol. The van der Waals surface area contributed by atoms with E-state index in [1.54, 1.807) is 7.11 Å². The van der Waals surface area contributed by atoms with Crippen LogP contribution in [0.1, 0.15) is 23.6 Å². The van der Waals surface area contributed by atoms with Crippen LogP contribution in [0.5, 0.6) is 17.2 Å². The molecule has 0 bridgehead atoms. The minimum Gasteiger partial charge on any atom is -0.494 e. The van der Waals surface area contributed by atoms with Gasteiger partial charge in [-0.3, -0.25) is 4.99 Å². The number of rotatable bonds is 9. The average Bonchev–Trinajstić information content (AvgIpc) is 3.15. The normalized spacial score (nSPS) is 15.5. The molecule has 1 aliphatic heterocycles. The van der Waals surface area contributed by atoms with Gasteiger partial charge in [-0.25, -0.2) is 0 Å². The summed E-state index contributed by atoms with van der Waals surface area (Å²) in [7, 11) is 1.59. The zero-order valence-electron chi connectivity index (χ0n) is 17.9. The number of benzene rings is 2. The lowest BCUT2D eigenvalue weighted by atomic mass is 10.0. The minimum atomic E-state index is -0.934. The van der Waals surface area contributed by atoms with E-state index in [-0.39, 0.29) is 13.2 Å². The number of aliphatic hydroxyl groups is 2. The fourth-order valence-electron chi connectivity index (χ4n) is 3.95. The number of aliphatic imine (C=N–C) groups is 1. The summed E-state index contributed by atoms with van der Waals surface area (Å²) in [4.78, 5) is 4.72. The maximum Gasteiger partial charge on any atom is 0.161 e. The minimum absolute atomic E-state index is 0.00172. The molecule has 2 aliphatic rings. The topological polar surface area (TPSA) is 92.5 Å². The molecule has 0 radical (unpaired) electrons. The first kappa shape index (κ1) is 21.2. The fraction of sp³-hybridized carbons (Fsp3) is 0.375. The fourth-order valence-corrected chi connectivity index (χ4v) is 3.95. The highest BCUT2D eigenvalue weighted by Gasteiger charge is 2.30. The van der Waals surface area contributed by atoms with Crippen LogP contribution in [0.15, 0.2) is 52.7 Å². The summed E-state index contributed by atoms with van der Waals surface area (Å²) in [6, 6.07) is 12.1. The first-order valence-electron chi connectivity index (χ1n) is 10.5. The first-order chi connectivity index (χ1) is 15.1. The van der Waals surface area contributed by atoms with Gasteiger partial charge >= 0.3 is 0 Å². The van der Waals surface area contributed by atoms with Gasteiger partial charge in [0.15, 0.2) is 11.5 Å². The maximum atomic E-state index is 9.61. The molecule has 2 aromatic carbocycles. The van der Waals surface area contributed by atoms with E-state index < -0.39 is 6.10 Å². The Morgan fingerprint density at radius 1 is 1.16 bits per heavy atom. The van der Waals surface area contributed by atoms with Gasteiger partial charge in [0, 0.05) is 29.7 Å². The predicted octanol–water partition coefficient (Wildman–Crippen LogP) is 2.23. The number of fused-ring (bicyclic) bond motifs is 3. The van der Waals surface area contributed by atoms with Crippen molar-refractivity contribution in [3.8, 4) is 17.2 Å². The molecule has 7 heteroatoms. The smallest absolute Gasteiger partial charge is 0.161 e. The quantitative estimate of drug-likeness (QED) is 0.572. The molecular formula is C24H28N2O5. The third-order valence-corrected chi connectivity index (χ3v) is 5.42. The standard InChI is InChI=1S/C24H28N2O5/c1-3-30-18-6-4-5-15(7-18)8-21-20-9-16-10-23(31-13-17(28)12-27)22(29-2)11-19(16)24(20)26-14-25-21/h4-7,10-11,17,25,27-28H,3,8-9,12-14H2,1-2H3. The van der Waals surface area contributed by atoms with E-state index in [9.17, 15) is 5.11 Å². The van der Waals surface area contributed by atoms with Gasteiger partial charge in [-0.2, -0.15) is 0 Å². The van der Waals surface area contributed by atoms with Gasteiger partial charge in [0.05, 0.1) is 26.0 Å². The third kappa shape index (κ3) is 4.52. The van der Waals surface area contributed by atoms with E-state index in [0.29, 0.717) is 24.8 Å². The molecule has 0 saturated carbocycles. The monoisotopic (exact) mass is 424 g/mol. The molecule has 1 heterocycles. The number of hydrogen-bond acceptors (Lipinski definition) is 7. The molecule has 4 rings (SSSR count). The molecule has 0 aromatic heterocycles. The summed E-state index contributed by atoms with van der Waals surface area (Å²) >= 11 is 0. The number of methoxy groups -OCH3 is 1. The Bertz CT molecular complexity index is 1020. The Morgan fingerprint density at radius 3 is 2.81 bits per heavy atom. The lowest BCUT2D eigenvalue weighted by Crippen LogP contribution is -2.25. The van der Waals surface area contributed by atoms with E-state index in [1.165, 1.54) is 11.1 Å². The second kappa shape index (κ2) is 9.41. The Kier molecular flexibility index (Phi) is 6.44. The Hall–Kier alpha value is -3.03. The van der Waals surface area contributed by atoms with Gasteiger partial charge in [-0.05, 0) is 42.3 Å². The molecular weight excluding hydrogens is 396 g/mol. The molecule has 1 unspecified atom stereocenters. The van der Waals surface area contributed by atoms with Gasteiger partial charge in [0.25, 0.3) is 0 Å². The van der Waals surface area contributed by atoms with Crippen molar-refractivity contribution in [2.45, 2.75) is 25.9 Å². The second-order valence-electron chi connectivity index (χ2n) is 7.54. The summed E-state index contributed by atoms with van der Waals surface area (Å²) in [5.41, 5.74) is 6.66. The highest BCUT2D eigenvalue weighted by molar-refractivity contribution is 6.17. The molecule has 31 heavy (non-hydrogen) atoms. The third-order valence-electron chi connectivity index (χ3n) is 5.42. The number of allylic oxidation sites excluding steroid dienone is 2. The largest absolute Gasteiger partial charge is 0.494 e. The van der Waals surface area contributed by atoms with Crippen LogP contribution >= 0.6 is 0 Å². The number of hydrogen-bond donors (Lipinski definition) is 3. The lowest BCUT2D eigenvalue weighted by Gasteiger charge is -2.19. The molecule has 3 N–H and O–H groups in total. The Labute approximate surface area is 182 Å². The van der Waals surface area contributed by atoms with Crippen molar-refractivity contribution in [3.05, 3.63) is 64.4 Å². The number of nitrogens with zero attached hydrogens (tertiary/aromatic N) is 1. The van der Waals surface area contributed by atoms with Crippen molar-refractivity contribution in [1.29, 1.82) is 0 Å². The average molecular weight is 424 g/mol. The summed E-state index contributed by atoms with van der Waals surface area (Å²) in [5.74, 6) is 2.01. The van der Waals surface area contributed by atoms with E-state index in [1.807, 2.05) is 31.2 Å². The van der Waals surface area contributed by atoms with E-state index in [4.69, 9.17) is 24.3 Å². The van der Waals surface area contributed by atoms with Crippen LogP contribution < -0.4 is 19.5 Å². The van der Waals surface area contributed by atoms with Crippen molar-refractivity contribution >= 4 is 5.71 Å². The van der Waals surface area contributed by atoms with Gasteiger partial charge in [-0.1, -0.05) is 12.1 Å². The van der Waals surface area contributed by atoms with E-state index in [2.05, 4.69) is 17.4 Å². The van der Waals surface area contributed by atoms with Gasteiger partial charge in [0.2, 0.25) is 0 Å². The summed E-state index contributed by atoms with van der Waals surface area (Å²) in [5, 5.41) is 22.1. The van der Waals surface area contributed by atoms with Gasteiger partial charge < -0.3 is 29.7 Å². The first-order valence-corrected chi connectivity index (χ1v) is 10.5. The molecule has 0 fully saturated rings. The molecule has 0 spiro atoms. The summed E-state index contributed by atoms with van der Waals surface area (Å²) in [6.07, 6.45) is 0.577. The molecule has 7 nitrogen and oxygen atoms in total. The summed E-state index contributed by atoms with van der Waals surface area (Å²) in [6.45, 7) is 2.80. The van der Waals surface area contributed by atoms with Crippen molar-refractivity contribution in [1.82, 2.24) is 5.32 Å². The molecule has 0 amide bonds. The SMILES string of the molecule is CCOc1cccc(CC2=C3Cc4cc(OCC(O)CO)c(OC)cc4C3=NCN2)c1. The molecule has 1 aliphatic carbocycles. The summed E-state index contributed by atoms with van der Waals surface area (Å²) < 4.78 is 16.8. The number of nitrogens with one attached hydrogen (secondary N) is 1. The van der Waals surface area contributed by atoms with E-state index >= 15 is 0 Å². The highest BCUT2D eigenvalue weighted by Crippen LogP contribution is 2.39. The molecule has 1 atom stereocenters.